The van der Waals surface area contributed by atoms with E-state index in [1.165, 1.54) is 12.7 Å². The quantitative estimate of drug-likeness (QED) is 0.619. The average molecular weight is 288 g/mol. The molecule has 20 heavy (non-hydrogen) atoms. The predicted molar refractivity (Wildman–Crippen MR) is 80.3 cm³/mol. The molecule has 0 fully saturated rings. The van der Waals surface area contributed by atoms with Gasteiger partial charge < -0.3 is 9.47 Å². The molecular weight excluding hydrogens is 272 g/mol. The SMILES string of the molecule is COC(=O)c1cccc(SCc2ccc(OC)cc2)c1. The van der Waals surface area contributed by atoms with E-state index in [4.69, 9.17) is 9.47 Å². The van der Waals surface area contributed by atoms with Gasteiger partial charge in [0.15, 0.2) is 0 Å². The maximum atomic E-state index is 11.5. The van der Waals surface area contributed by atoms with Crippen LogP contribution < -0.4 is 4.74 Å². The molecule has 2 aromatic rings. The lowest BCUT2D eigenvalue weighted by molar-refractivity contribution is 0.0600. The van der Waals surface area contributed by atoms with Crippen LogP contribution >= 0.6 is 11.8 Å². The summed E-state index contributed by atoms with van der Waals surface area (Å²) in [6, 6.07) is 15.4. The topological polar surface area (TPSA) is 35.5 Å². The van der Waals surface area contributed by atoms with Crippen molar-refractivity contribution in [2.75, 3.05) is 14.2 Å². The van der Waals surface area contributed by atoms with Gasteiger partial charge in [-0.1, -0.05) is 18.2 Å². The number of carbonyl (C=O) groups is 1. The zero-order valence-corrected chi connectivity index (χ0v) is 12.3. The maximum Gasteiger partial charge on any atom is 0.337 e. The third-order valence-corrected chi connectivity index (χ3v) is 3.88. The molecule has 0 N–H and O–H groups in total. The number of thioether (sulfide) groups is 1. The van der Waals surface area contributed by atoms with Crippen molar-refractivity contribution in [1.82, 2.24) is 0 Å². The molecule has 4 heteroatoms. The van der Waals surface area contributed by atoms with Crippen LogP contribution in [0, 0.1) is 0 Å². The van der Waals surface area contributed by atoms with Crippen molar-refractivity contribution in [2.24, 2.45) is 0 Å². The first-order chi connectivity index (χ1) is 9.72. The molecule has 0 heterocycles. The van der Waals surface area contributed by atoms with Crippen LogP contribution in [-0.4, -0.2) is 20.2 Å². The van der Waals surface area contributed by atoms with Gasteiger partial charge in [0.25, 0.3) is 0 Å². The standard InChI is InChI=1S/C16H16O3S/c1-18-14-8-6-12(7-9-14)11-20-15-5-3-4-13(10-15)16(17)19-2/h3-10H,11H2,1-2H3. The molecule has 0 bridgehead atoms. The highest BCUT2D eigenvalue weighted by Gasteiger charge is 2.06. The Hall–Kier alpha value is -1.94. The maximum absolute atomic E-state index is 11.5. The van der Waals surface area contributed by atoms with Gasteiger partial charge in [-0.25, -0.2) is 4.79 Å². The molecule has 0 aromatic heterocycles. The molecule has 104 valence electrons. The van der Waals surface area contributed by atoms with Gasteiger partial charge in [0, 0.05) is 10.6 Å². The minimum Gasteiger partial charge on any atom is -0.497 e. The Bertz CT molecular complexity index is 579. The molecule has 0 aliphatic rings. The Kier molecular flexibility index (Phi) is 5.07. The number of esters is 1. The zero-order valence-electron chi connectivity index (χ0n) is 11.5. The second-order valence-electron chi connectivity index (χ2n) is 4.16. The van der Waals surface area contributed by atoms with Crippen LogP contribution in [0.3, 0.4) is 0 Å². The van der Waals surface area contributed by atoms with Crippen LogP contribution in [-0.2, 0) is 10.5 Å². The monoisotopic (exact) mass is 288 g/mol. The third-order valence-electron chi connectivity index (χ3n) is 2.82. The Morgan fingerprint density at radius 1 is 1.10 bits per heavy atom. The van der Waals surface area contributed by atoms with E-state index in [9.17, 15) is 4.79 Å². The molecule has 0 amide bonds. The fourth-order valence-electron chi connectivity index (χ4n) is 1.72. The van der Waals surface area contributed by atoms with Crippen molar-refractivity contribution in [3.05, 3.63) is 59.7 Å². The molecule has 0 radical (unpaired) electrons. The van der Waals surface area contributed by atoms with E-state index in [1.54, 1.807) is 24.9 Å². The van der Waals surface area contributed by atoms with Gasteiger partial charge in [-0.2, -0.15) is 0 Å². The first kappa shape index (κ1) is 14.5. The number of methoxy groups -OCH3 is 2. The van der Waals surface area contributed by atoms with Crippen molar-refractivity contribution >= 4 is 17.7 Å². The van der Waals surface area contributed by atoms with Gasteiger partial charge in [0.05, 0.1) is 19.8 Å². The summed E-state index contributed by atoms with van der Waals surface area (Å²) < 4.78 is 9.85. The lowest BCUT2D eigenvalue weighted by Gasteiger charge is -2.05. The summed E-state index contributed by atoms with van der Waals surface area (Å²) in [4.78, 5) is 12.5. The second-order valence-corrected chi connectivity index (χ2v) is 5.20. The molecule has 2 rings (SSSR count). The van der Waals surface area contributed by atoms with Crippen LogP contribution in [0.4, 0.5) is 0 Å². The van der Waals surface area contributed by atoms with Crippen molar-refractivity contribution in [2.45, 2.75) is 10.6 Å². The molecule has 0 saturated heterocycles. The van der Waals surface area contributed by atoms with Gasteiger partial charge in [-0.3, -0.25) is 0 Å². The Balaban J connectivity index is 2.01. The molecule has 0 unspecified atom stereocenters. The normalized spacial score (nSPS) is 10.1. The molecular formula is C16H16O3S. The number of hydrogen-bond acceptors (Lipinski definition) is 4. The highest BCUT2D eigenvalue weighted by Crippen LogP contribution is 2.24. The van der Waals surface area contributed by atoms with E-state index in [-0.39, 0.29) is 5.97 Å². The van der Waals surface area contributed by atoms with Crippen molar-refractivity contribution in [1.29, 1.82) is 0 Å². The van der Waals surface area contributed by atoms with E-state index in [1.807, 2.05) is 42.5 Å². The lowest BCUT2D eigenvalue weighted by Crippen LogP contribution is -2.00. The van der Waals surface area contributed by atoms with Crippen molar-refractivity contribution < 1.29 is 14.3 Å². The first-order valence-electron chi connectivity index (χ1n) is 6.17. The number of benzene rings is 2. The van der Waals surface area contributed by atoms with Crippen molar-refractivity contribution in [3.8, 4) is 5.75 Å². The summed E-state index contributed by atoms with van der Waals surface area (Å²) in [5.41, 5.74) is 1.78. The number of rotatable bonds is 5. The van der Waals surface area contributed by atoms with E-state index >= 15 is 0 Å². The molecule has 3 nitrogen and oxygen atoms in total. The number of hydrogen-bond donors (Lipinski definition) is 0. The molecule has 0 atom stereocenters. The van der Waals surface area contributed by atoms with Crippen LogP contribution in [0.5, 0.6) is 5.75 Å². The van der Waals surface area contributed by atoms with Crippen molar-refractivity contribution in [3.63, 3.8) is 0 Å². The largest absolute Gasteiger partial charge is 0.497 e. The molecule has 0 spiro atoms. The van der Waals surface area contributed by atoms with E-state index < -0.39 is 0 Å². The summed E-state index contributed by atoms with van der Waals surface area (Å²) >= 11 is 1.68. The van der Waals surface area contributed by atoms with Gasteiger partial charge in [0.2, 0.25) is 0 Å². The third kappa shape index (κ3) is 3.78. The highest BCUT2D eigenvalue weighted by molar-refractivity contribution is 7.98. The van der Waals surface area contributed by atoms with E-state index in [0.717, 1.165) is 16.4 Å². The second kappa shape index (κ2) is 7.01. The van der Waals surface area contributed by atoms with Crippen LogP contribution in [0.1, 0.15) is 15.9 Å². The Morgan fingerprint density at radius 3 is 2.50 bits per heavy atom. The molecule has 0 saturated carbocycles. The summed E-state index contributed by atoms with van der Waals surface area (Å²) in [7, 11) is 3.04. The number of ether oxygens (including phenoxy) is 2. The van der Waals surface area contributed by atoms with Gasteiger partial charge in [-0.15, -0.1) is 11.8 Å². The summed E-state index contributed by atoms with van der Waals surface area (Å²) in [5, 5.41) is 0. The average Bonchev–Trinajstić information content (AvgIpc) is 2.53. The summed E-state index contributed by atoms with van der Waals surface area (Å²) in [6.07, 6.45) is 0. The minimum atomic E-state index is -0.308. The van der Waals surface area contributed by atoms with Gasteiger partial charge in [0.1, 0.15) is 5.75 Å². The smallest absolute Gasteiger partial charge is 0.337 e. The molecule has 0 aliphatic carbocycles. The lowest BCUT2D eigenvalue weighted by atomic mass is 10.2. The summed E-state index contributed by atoms with van der Waals surface area (Å²) in [5.74, 6) is 1.39. The molecule has 2 aromatic carbocycles. The van der Waals surface area contributed by atoms with Gasteiger partial charge in [-0.05, 0) is 35.9 Å². The minimum absolute atomic E-state index is 0.308. The first-order valence-corrected chi connectivity index (χ1v) is 7.15. The van der Waals surface area contributed by atoms with E-state index in [2.05, 4.69) is 0 Å². The fraction of sp³-hybridized carbons (Fsp3) is 0.188. The van der Waals surface area contributed by atoms with Crippen LogP contribution in [0.25, 0.3) is 0 Å². The zero-order chi connectivity index (χ0) is 14.4. The predicted octanol–water partition coefficient (Wildman–Crippen LogP) is 3.77. The van der Waals surface area contributed by atoms with E-state index in [0.29, 0.717) is 5.56 Å². The summed E-state index contributed by atoms with van der Waals surface area (Å²) in [6.45, 7) is 0. The van der Waals surface area contributed by atoms with Crippen LogP contribution in [0.15, 0.2) is 53.4 Å². The van der Waals surface area contributed by atoms with Crippen LogP contribution in [0.2, 0.25) is 0 Å². The Labute approximate surface area is 122 Å². The van der Waals surface area contributed by atoms with Gasteiger partial charge >= 0.3 is 5.97 Å². The Morgan fingerprint density at radius 2 is 1.85 bits per heavy atom. The fourth-order valence-corrected chi connectivity index (χ4v) is 2.63. The molecule has 0 aliphatic heterocycles. The number of carbonyl (C=O) groups excluding carboxylic acids is 1. The highest BCUT2D eigenvalue weighted by atomic mass is 32.2.